The van der Waals surface area contributed by atoms with E-state index in [9.17, 15) is 9.59 Å². The van der Waals surface area contributed by atoms with Gasteiger partial charge in [0, 0.05) is 12.6 Å². The minimum atomic E-state index is -0.940. The molecule has 2 amide bonds. The molecule has 3 atom stereocenters. The third-order valence-corrected chi connectivity index (χ3v) is 5.28. The van der Waals surface area contributed by atoms with Crippen molar-refractivity contribution >= 4 is 12.0 Å². The molecule has 0 spiro atoms. The van der Waals surface area contributed by atoms with Crippen LogP contribution >= 0.6 is 0 Å². The molecule has 0 heterocycles. The standard InChI is InChI=1S/C18H24N2O3/c21-17(22)14-6-4-12(5-7-14)11-19-18(23)20-16-9-8-13-2-1-3-15(13)10-16/h4-7,13,15-16H,1-3,8-11H2,(H,21,22)(H2,19,20,23). The van der Waals surface area contributed by atoms with Gasteiger partial charge in [-0.25, -0.2) is 9.59 Å². The summed E-state index contributed by atoms with van der Waals surface area (Å²) in [5.74, 6) is 0.756. The van der Waals surface area contributed by atoms with Crippen molar-refractivity contribution in [2.24, 2.45) is 11.8 Å². The summed E-state index contributed by atoms with van der Waals surface area (Å²) in [6.45, 7) is 0.407. The van der Waals surface area contributed by atoms with Gasteiger partial charge in [0.15, 0.2) is 0 Å². The number of carbonyl (C=O) groups is 2. The van der Waals surface area contributed by atoms with Crippen LogP contribution in [0.5, 0.6) is 0 Å². The summed E-state index contributed by atoms with van der Waals surface area (Å²) >= 11 is 0. The van der Waals surface area contributed by atoms with E-state index in [2.05, 4.69) is 10.6 Å². The lowest BCUT2D eigenvalue weighted by molar-refractivity contribution is 0.0697. The SMILES string of the molecule is O=C(NCc1ccc(C(=O)O)cc1)NC1CCC2CCCC2C1. The molecule has 1 aromatic rings. The highest BCUT2D eigenvalue weighted by Crippen LogP contribution is 2.41. The Morgan fingerprint density at radius 1 is 1.04 bits per heavy atom. The van der Waals surface area contributed by atoms with Crippen molar-refractivity contribution in [1.29, 1.82) is 0 Å². The normalized spacial score (nSPS) is 26.3. The molecule has 2 aliphatic rings. The Hall–Kier alpha value is -2.04. The molecule has 2 saturated carbocycles. The Morgan fingerprint density at radius 2 is 1.78 bits per heavy atom. The first kappa shape index (κ1) is 15.8. The summed E-state index contributed by atoms with van der Waals surface area (Å²) in [5, 5.41) is 14.8. The molecule has 1 aromatic carbocycles. The first-order chi connectivity index (χ1) is 11.1. The maximum atomic E-state index is 12.0. The lowest BCUT2D eigenvalue weighted by Crippen LogP contribution is -2.44. The highest BCUT2D eigenvalue weighted by molar-refractivity contribution is 5.87. The molecule has 3 unspecified atom stereocenters. The second kappa shape index (κ2) is 7.02. The minimum absolute atomic E-state index is 0.131. The lowest BCUT2D eigenvalue weighted by Gasteiger charge is -2.32. The largest absolute Gasteiger partial charge is 0.478 e. The second-order valence-corrected chi connectivity index (χ2v) is 6.79. The van der Waals surface area contributed by atoms with Crippen LogP contribution in [0.2, 0.25) is 0 Å². The maximum absolute atomic E-state index is 12.0. The van der Waals surface area contributed by atoms with E-state index >= 15 is 0 Å². The predicted octanol–water partition coefficient (Wildman–Crippen LogP) is 3.15. The Labute approximate surface area is 136 Å². The van der Waals surface area contributed by atoms with Crippen LogP contribution in [-0.4, -0.2) is 23.1 Å². The third kappa shape index (κ3) is 4.03. The molecule has 2 aliphatic carbocycles. The molecule has 0 aliphatic heterocycles. The monoisotopic (exact) mass is 316 g/mol. The van der Waals surface area contributed by atoms with E-state index in [4.69, 9.17) is 5.11 Å². The predicted molar refractivity (Wildman–Crippen MR) is 87.2 cm³/mol. The topological polar surface area (TPSA) is 78.4 Å². The van der Waals surface area contributed by atoms with E-state index in [1.807, 2.05) is 0 Å². The number of amides is 2. The van der Waals surface area contributed by atoms with E-state index in [-0.39, 0.29) is 11.6 Å². The minimum Gasteiger partial charge on any atom is -0.478 e. The Balaban J connectivity index is 1.43. The van der Waals surface area contributed by atoms with Crippen LogP contribution in [0.25, 0.3) is 0 Å². The molecule has 0 radical (unpaired) electrons. The van der Waals surface area contributed by atoms with Crippen molar-refractivity contribution in [3.05, 3.63) is 35.4 Å². The summed E-state index contributed by atoms with van der Waals surface area (Å²) in [5.41, 5.74) is 1.15. The number of benzene rings is 1. The van der Waals surface area contributed by atoms with Crippen LogP contribution in [0, 0.1) is 11.8 Å². The van der Waals surface area contributed by atoms with E-state index in [1.54, 1.807) is 24.3 Å². The van der Waals surface area contributed by atoms with Crippen molar-refractivity contribution in [1.82, 2.24) is 10.6 Å². The number of urea groups is 1. The summed E-state index contributed by atoms with van der Waals surface area (Å²) in [7, 11) is 0. The van der Waals surface area contributed by atoms with Gasteiger partial charge in [0.2, 0.25) is 0 Å². The molecule has 0 bridgehead atoms. The molecule has 23 heavy (non-hydrogen) atoms. The number of carboxylic acid groups (broad SMARTS) is 1. The average molecular weight is 316 g/mol. The number of rotatable bonds is 4. The Bertz CT molecular complexity index is 570. The summed E-state index contributed by atoms with van der Waals surface area (Å²) in [6, 6.07) is 6.73. The maximum Gasteiger partial charge on any atom is 0.335 e. The highest BCUT2D eigenvalue weighted by atomic mass is 16.4. The van der Waals surface area contributed by atoms with Gasteiger partial charge in [0.05, 0.1) is 5.56 Å². The van der Waals surface area contributed by atoms with E-state index in [0.29, 0.717) is 12.6 Å². The van der Waals surface area contributed by atoms with Crippen molar-refractivity contribution in [3.8, 4) is 0 Å². The molecule has 3 N–H and O–H groups in total. The fourth-order valence-corrected chi connectivity index (χ4v) is 4.02. The Morgan fingerprint density at radius 3 is 2.52 bits per heavy atom. The van der Waals surface area contributed by atoms with Gasteiger partial charge in [-0.2, -0.15) is 0 Å². The first-order valence-corrected chi connectivity index (χ1v) is 8.48. The van der Waals surface area contributed by atoms with Gasteiger partial charge in [-0.3, -0.25) is 0 Å². The molecule has 5 heteroatoms. The average Bonchev–Trinajstić information content (AvgIpc) is 3.01. The van der Waals surface area contributed by atoms with Crippen LogP contribution < -0.4 is 10.6 Å². The number of hydrogen-bond acceptors (Lipinski definition) is 2. The van der Waals surface area contributed by atoms with Crippen LogP contribution in [0.3, 0.4) is 0 Å². The second-order valence-electron chi connectivity index (χ2n) is 6.79. The molecule has 0 saturated heterocycles. The lowest BCUT2D eigenvalue weighted by atomic mass is 9.79. The quantitative estimate of drug-likeness (QED) is 0.798. The number of nitrogens with one attached hydrogen (secondary N) is 2. The fourth-order valence-electron chi connectivity index (χ4n) is 4.02. The molecule has 5 nitrogen and oxygen atoms in total. The van der Waals surface area contributed by atoms with Gasteiger partial charge in [-0.1, -0.05) is 31.4 Å². The number of carboxylic acids is 1. The zero-order valence-electron chi connectivity index (χ0n) is 13.3. The summed E-state index contributed by atoms with van der Waals surface area (Å²) < 4.78 is 0. The number of fused-ring (bicyclic) bond motifs is 1. The van der Waals surface area contributed by atoms with Gasteiger partial charge in [-0.05, 0) is 48.8 Å². The van der Waals surface area contributed by atoms with Crippen LogP contribution in [-0.2, 0) is 6.54 Å². The number of aromatic carboxylic acids is 1. The van der Waals surface area contributed by atoms with E-state index in [1.165, 1.54) is 25.7 Å². The zero-order valence-corrected chi connectivity index (χ0v) is 13.3. The van der Waals surface area contributed by atoms with Gasteiger partial charge >= 0.3 is 12.0 Å². The highest BCUT2D eigenvalue weighted by Gasteiger charge is 2.34. The van der Waals surface area contributed by atoms with Crippen molar-refractivity contribution < 1.29 is 14.7 Å². The zero-order chi connectivity index (χ0) is 16.2. The van der Waals surface area contributed by atoms with Crippen molar-refractivity contribution in [2.75, 3.05) is 0 Å². The molecule has 0 aromatic heterocycles. The molecular weight excluding hydrogens is 292 g/mol. The smallest absolute Gasteiger partial charge is 0.335 e. The van der Waals surface area contributed by atoms with Gasteiger partial charge in [-0.15, -0.1) is 0 Å². The van der Waals surface area contributed by atoms with Crippen molar-refractivity contribution in [2.45, 2.75) is 51.1 Å². The Kier molecular flexibility index (Phi) is 4.84. The first-order valence-electron chi connectivity index (χ1n) is 8.48. The number of carbonyl (C=O) groups excluding carboxylic acids is 1. The van der Waals surface area contributed by atoms with Crippen LogP contribution in [0.4, 0.5) is 4.79 Å². The van der Waals surface area contributed by atoms with Crippen molar-refractivity contribution in [3.63, 3.8) is 0 Å². The van der Waals surface area contributed by atoms with Gasteiger partial charge < -0.3 is 15.7 Å². The van der Waals surface area contributed by atoms with E-state index in [0.717, 1.165) is 30.2 Å². The van der Waals surface area contributed by atoms with Crippen LogP contribution in [0.15, 0.2) is 24.3 Å². The molecule has 124 valence electrons. The third-order valence-electron chi connectivity index (χ3n) is 5.28. The van der Waals surface area contributed by atoms with Gasteiger partial charge in [0.25, 0.3) is 0 Å². The summed E-state index contributed by atoms with van der Waals surface area (Å²) in [4.78, 5) is 22.8. The molecular formula is C18H24N2O3. The molecule has 3 rings (SSSR count). The fraction of sp³-hybridized carbons (Fsp3) is 0.556. The van der Waals surface area contributed by atoms with Gasteiger partial charge in [0.1, 0.15) is 0 Å². The molecule has 2 fully saturated rings. The number of hydrogen-bond donors (Lipinski definition) is 3. The summed E-state index contributed by atoms with van der Waals surface area (Å²) in [6.07, 6.45) is 7.48. The van der Waals surface area contributed by atoms with E-state index < -0.39 is 5.97 Å². The van der Waals surface area contributed by atoms with Crippen LogP contribution in [0.1, 0.15) is 54.4 Å².